The van der Waals surface area contributed by atoms with E-state index in [0.29, 0.717) is 5.56 Å². The highest BCUT2D eigenvalue weighted by molar-refractivity contribution is 5.97. The molecule has 0 fully saturated rings. The van der Waals surface area contributed by atoms with Gasteiger partial charge in [0.1, 0.15) is 0 Å². The van der Waals surface area contributed by atoms with Crippen LogP contribution in [0.1, 0.15) is 29.9 Å². The Balaban J connectivity index is 1.50. The number of rotatable bonds is 3. The summed E-state index contributed by atoms with van der Waals surface area (Å²) in [6.45, 7) is 0.245. The first-order valence-electron chi connectivity index (χ1n) is 10.2. The first-order valence-corrected chi connectivity index (χ1v) is 9.16. The normalized spacial score (nSPS) is 16.2. The van der Waals surface area contributed by atoms with Gasteiger partial charge in [0.2, 0.25) is 0 Å². The van der Waals surface area contributed by atoms with Gasteiger partial charge in [0.05, 0.1) is 26.0 Å². The zero-order valence-electron chi connectivity index (χ0n) is 17.7. The molecule has 2 aromatic carbocycles. The van der Waals surface area contributed by atoms with Crippen molar-refractivity contribution in [1.29, 1.82) is 0 Å². The Kier molecular flexibility index (Phi) is 3.28. The maximum Gasteiger partial charge on any atom is 0.256 e. The molecule has 1 aliphatic rings. The van der Waals surface area contributed by atoms with E-state index in [9.17, 15) is 4.79 Å². The van der Waals surface area contributed by atoms with Gasteiger partial charge in [-0.05, 0) is 47.4 Å². The third-order valence-corrected chi connectivity index (χ3v) is 5.17. The fraction of sp³-hybridized carbons (Fsp3) is 0.174. The standard InChI is InChI=1S/C23H20N4O/c1-15-11-16(18-5-3-7-21-20(18)13-26(2)25-21)8-9-17(15)12-27-14-22-19(23(27)28)6-4-10-24-22/h3-11,13H,12,14H2,1-2H3/i14D2. The number of carbonyl (C=O) groups excluding carboxylic acids is 1. The zero-order chi connectivity index (χ0) is 21.0. The highest BCUT2D eigenvalue weighted by atomic mass is 16.2. The van der Waals surface area contributed by atoms with Crippen molar-refractivity contribution < 1.29 is 7.54 Å². The Morgan fingerprint density at radius 3 is 2.82 bits per heavy atom. The lowest BCUT2D eigenvalue weighted by atomic mass is 9.97. The summed E-state index contributed by atoms with van der Waals surface area (Å²) < 4.78 is 18.7. The summed E-state index contributed by atoms with van der Waals surface area (Å²) >= 11 is 0. The molecule has 0 bridgehead atoms. The molecule has 3 heterocycles. The van der Waals surface area contributed by atoms with E-state index >= 15 is 0 Å². The Morgan fingerprint density at radius 1 is 1.14 bits per heavy atom. The molecule has 28 heavy (non-hydrogen) atoms. The van der Waals surface area contributed by atoms with Gasteiger partial charge in [-0.2, -0.15) is 5.10 Å². The van der Waals surface area contributed by atoms with E-state index in [4.69, 9.17) is 2.74 Å². The average molecular weight is 370 g/mol. The van der Waals surface area contributed by atoms with Gasteiger partial charge in [-0.15, -0.1) is 0 Å². The van der Waals surface area contributed by atoms with E-state index in [0.717, 1.165) is 33.2 Å². The van der Waals surface area contributed by atoms with Crippen molar-refractivity contribution >= 4 is 16.8 Å². The third-order valence-electron chi connectivity index (χ3n) is 5.17. The predicted octanol–water partition coefficient (Wildman–Crippen LogP) is 4.10. The van der Waals surface area contributed by atoms with Crippen LogP contribution in [0.15, 0.2) is 60.9 Å². The Hall–Kier alpha value is -3.47. The summed E-state index contributed by atoms with van der Waals surface area (Å²) in [6.07, 6.45) is 3.53. The van der Waals surface area contributed by atoms with Crippen LogP contribution in [0.5, 0.6) is 0 Å². The van der Waals surface area contributed by atoms with E-state index in [1.54, 1.807) is 12.1 Å². The Labute approximate surface area is 166 Å². The highest BCUT2D eigenvalue weighted by Gasteiger charge is 2.28. The number of pyridine rings is 1. The van der Waals surface area contributed by atoms with Crippen LogP contribution in [0.25, 0.3) is 22.0 Å². The molecule has 1 aliphatic heterocycles. The summed E-state index contributed by atoms with van der Waals surface area (Å²) in [5.74, 6) is -0.327. The first kappa shape index (κ1) is 14.6. The van der Waals surface area contributed by atoms with Gasteiger partial charge in [0, 0.05) is 31.4 Å². The minimum Gasteiger partial charge on any atom is -0.328 e. The van der Waals surface area contributed by atoms with Gasteiger partial charge in [0.25, 0.3) is 5.91 Å². The number of hydrogen-bond donors (Lipinski definition) is 0. The molecule has 138 valence electrons. The van der Waals surface area contributed by atoms with E-state index in [2.05, 4.69) is 22.2 Å². The molecule has 2 aromatic heterocycles. The molecule has 0 aliphatic carbocycles. The first-order chi connectivity index (χ1) is 14.4. The van der Waals surface area contributed by atoms with Crippen LogP contribution in [0.4, 0.5) is 0 Å². The number of benzene rings is 2. The molecule has 0 N–H and O–H groups in total. The van der Waals surface area contributed by atoms with Gasteiger partial charge in [-0.3, -0.25) is 14.5 Å². The number of amides is 1. The largest absolute Gasteiger partial charge is 0.328 e. The van der Waals surface area contributed by atoms with Crippen molar-refractivity contribution in [3.8, 4) is 11.1 Å². The molecule has 0 radical (unpaired) electrons. The van der Waals surface area contributed by atoms with E-state index < -0.39 is 6.50 Å². The number of hydrogen-bond acceptors (Lipinski definition) is 3. The maximum absolute atomic E-state index is 12.8. The Morgan fingerprint density at radius 2 is 2.00 bits per heavy atom. The van der Waals surface area contributed by atoms with Gasteiger partial charge in [-0.25, -0.2) is 0 Å². The predicted molar refractivity (Wildman–Crippen MR) is 109 cm³/mol. The van der Waals surface area contributed by atoms with E-state index in [-0.39, 0.29) is 18.1 Å². The second kappa shape index (κ2) is 6.30. The van der Waals surface area contributed by atoms with Gasteiger partial charge in [0.15, 0.2) is 0 Å². The summed E-state index contributed by atoms with van der Waals surface area (Å²) in [7, 11) is 1.91. The smallest absolute Gasteiger partial charge is 0.256 e. The second-order valence-electron chi connectivity index (χ2n) is 7.09. The lowest BCUT2D eigenvalue weighted by Gasteiger charge is -2.17. The number of aromatic nitrogens is 3. The van der Waals surface area contributed by atoms with Gasteiger partial charge >= 0.3 is 0 Å². The van der Waals surface area contributed by atoms with Crippen LogP contribution < -0.4 is 0 Å². The molecule has 0 unspecified atom stereocenters. The van der Waals surface area contributed by atoms with Crippen LogP contribution in [0, 0.1) is 6.92 Å². The zero-order valence-corrected chi connectivity index (χ0v) is 15.7. The maximum atomic E-state index is 12.8. The molecule has 0 saturated heterocycles. The van der Waals surface area contributed by atoms with Crippen LogP contribution in [-0.4, -0.2) is 25.6 Å². The monoisotopic (exact) mass is 370 g/mol. The van der Waals surface area contributed by atoms with Crippen molar-refractivity contribution in [3.63, 3.8) is 0 Å². The fourth-order valence-corrected chi connectivity index (χ4v) is 3.73. The van der Waals surface area contributed by atoms with Crippen LogP contribution >= 0.6 is 0 Å². The molecule has 0 saturated carbocycles. The summed E-state index contributed by atoms with van der Waals surface area (Å²) in [6, 6.07) is 15.4. The molecule has 5 nitrogen and oxygen atoms in total. The minimum atomic E-state index is -1.93. The molecular weight excluding hydrogens is 348 g/mol. The van der Waals surface area contributed by atoms with Crippen molar-refractivity contribution in [1.82, 2.24) is 19.7 Å². The molecule has 5 heteroatoms. The molecule has 5 rings (SSSR count). The second-order valence-corrected chi connectivity index (χ2v) is 7.09. The molecule has 1 amide bonds. The van der Waals surface area contributed by atoms with Gasteiger partial charge in [-0.1, -0.05) is 30.3 Å². The lowest BCUT2D eigenvalue weighted by Crippen LogP contribution is -2.23. The van der Waals surface area contributed by atoms with Crippen molar-refractivity contribution in [2.45, 2.75) is 20.0 Å². The van der Waals surface area contributed by atoms with Crippen LogP contribution in [0.3, 0.4) is 0 Å². The fourth-order valence-electron chi connectivity index (χ4n) is 3.73. The lowest BCUT2D eigenvalue weighted by molar-refractivity contribution is 0.0766. The number of aryl methyl sites for hydroxylation is 2. The Bertz CT molecular complexity index is 1310. The number of fused-ring (bicyclic) bond motifs is 2. The topological polar surface area (TPSA) is 51.0 Å². The number of carbonyl (C=O) groups is 1. The highest BCUT2D eigenvalue weighted by Crippen LogP contribution is 2.30. The number of nitrogens with zero attached hydrogens (tertiary/aromatic N) is 4. The molecule has 0 atom stereocenters. The van der Waals surface area contributed by atoms with Crippen molar-refractivity contribution in [3.05, 3.63) is 83.3 Å². The summed E-state index contributed by atoms with van der Waals surface area (Å²) in [5.41, 5.74) is 5.53. The van der Waals surface area contributed by atoms with Crippen molar-refractivity contribution in [2.75, 3.05) is 0 Å². The minimum absolute atomic E-state index is 0.186. The average Bonchev–Trinajstić information content (AvgIpc) is 3.19. The summed E-state index contributed by atoms with van der Waals surface area (Å²) in [4.78, 5) is 18.2. The SMILES string of the molecule is [2H]C1([2H])c2ncccc2C(=O)N1Cc1ccc(-c2cccc3nn(C)cc23)cc1C. The van der Waals surface area contributed by atoms with Crippen molar-refractivity contribution in [2.24, 2.45) is 7.05 Å². The molecular formula is C23H20N4O. The molecule has 0 spiro atoms. The van der Waals surface area contributed by atoms with Crippen LogP contribution in [0.2, 0.25) is 0 Å². The molecule has 4 aromatic rings. The quantitative estimate of drug-likeness (QED) is 0.546. The van der Waals surface area contributed by atoms with Gasteiger partial charge < -0.3 is 4.90 Å². The summed E-state index contributed by atoms with van der Waals surface area (Å²) in [5, 5.41) is 5.56. The third kappa shape index (κ3) is 2.67. The van der Waals surface area contributed by atoms with Crippen LogP contribution in [-0.2, 0) is 20.1 Å². The van der Waals surface area contributed by atoms with E-state index in [1.165, 1.54) is 11.1 Å². The van der Waals surface area contributed by atoms with E-state index in [1.807, 2.05) is 49.1 Å².